The number of anilines is 2. The molecule has 8 nitrogen and oxygen atoms in total. The average Bonchev–Trinajstić information content (AvgIpc) is 2.86. The predicted octanol–water partition coefficient (Wildman–Crippen LogP) is 0.686. The number of benzene rings is 1. The van der Waals surface area contributed by atoms with Crippen LogP contribution in [-0.2, 0) is 11.8 Å². The Morgan fingerprint density at radius 1 is 1.26 bits per heavy atom. The Bertz CT molecular complexity index is 722. The topological polar surface area (TPSA) is 106 Å². The molecule has 1 aromatic carbocycles. The number of aryl methyl sites for hydroxylation is 1. The lowest BCUT2D eigenvalue weighted by Gasteiger charge is -2.24. The molecule has 0 spiro atoms. The van der Waals surface area contributed by atoms with Gasteiger partial charge in [-0.1, -0.05) is 0 Å². The van der Waals surface area contributed by atoms with Gasteiger partial charge in [0.15, 0.2) is 0 Å². The number of carbonyl (C=O) groups excluding carboxylic acids is 2. The van der Waals surface area contributed by atoms with Crippen LogP contribution in [0.25, 0.3) is 0 Å². The van der Waals surface area contributed by atoms with E-state index in [0.29, 0.717) is 17.2 Å². The zero-order valence-corrected chi connectivity index (χ0v) is 13.6. The molecule has 0 fully saturated rings. The molecule has 1 aromatic heterocycles. The summed E-state index contributed by atoms with van der Waals surface area (Å²) in [5, 5.41) is 10.8. The van der Waals surface area contributed by atoms with Crippen LogP contribution in [0.3, 0.4) is 0 Å². The van der Waals surface area contributed by atoms with Crippen LogP contribution >= 0.6 is 0 Å². The molecule has 1 heterocycles. The van der Waals surface area contributed by atoms with E-state index in [9.17, 15) is 9.59 Å². The third kappa shape index (κ3) is 3.47. The molecule has 0 saturated heterocycles. The number of amides is 2. The second kappa shape index (κ2) is 6.47. The zero-order valence-electron chi connectivity index (χ0n) is 13.6. The maximum atomic E-state index is 12.4. The minimum absolute atomic E-state index is 0.194. The van der Waals surface area contributed by atoms with Gasteiger partial charge in [-0.05, 0) is 38.1 Å². The number of hydrogen-bond donors (Lipinski definition) is 2. The number of nitrogens with one attached hydrogen (secondary N) is 1. The summed E-state index contributed by atoms with van der Waals surface area (Å²) in [5.74, 6) is 0.671. The first-order chi connectivity index (χ1) is 10.8. The number of primary amides is 1. The number of carbonyl (C=O) groups is 2. The average molecular weight is 316 g/mol. The molecule has 0 aliphatic rings. The van der Waals surface area contributed by atoms with E-state index in [1.165, 1.54) is 0 Å². The highest BCUT2D eigenvalue weighted by Crippen LogP contribution is 2.15. The Morgan fingerprint density at radius 3 is 2.35 bits per heavy atom. The fourth-order valence-corrected chi connectivity index (χ4v) is 2.02. The third-order valence-corrected chi connectivity index (χ3v) is 3.78. The van der Waals surface area contributed by atoms with Crippen molar-refractivity contribution in [3.05, 3.63) is 35.7 Å². The lowest BCUT2D eigenvalue weighted by atomic mass is 10.2. The summed E-state index contributed by atoms with van der Waals surface area (Å²) in [7, 11) is 3.62. The van der Waals surface area contributed by atoms with Gasteiger partial charge in [-0.15, -0.1) is 10.2 Å². The Kier molecular flexibility index (Phi) is 4.63. The lowest BCUT2D eigenvalue weighted by Crippen LogP contribution is -2.41. The molecule has 0 aliphatic heterocycles. The van der Waals surface area contributed by atoms with Crippen LogP contribution in [0.2, 0.25) is 0 Å². The Hall–Kier alpha value is -2.90. The van der Waals surface area contributed by atoms with Gasteiger partial charge >= 0.3 is 0 Å². The van der Waals surface area contributed by atoms with Crippen LogP contribution in [-0.4, -0.2) is 39.7 Å². The van der Waals surface area contributed by atoms with E-state index < -0.39 is 11.9 Å². The van der Waals surface area contributed by atoms with Crippen molar-refractivity contribution in [1.29, 1.82) is 0 Å². The van der Waals surface area contributed by atoms with Gasteiger partial charge in [0.1, 0.15) is 11.9 Å². The van der Waals surface area contributed by atoms with Gasteiger partial charge in [0.05, 0.1) is 0 Å². The Balaban J connectivity index is 2.07. The van der Waals surface area contributed by atoms with Gasteiger partial charge in [-0.2, -0.15) is 0 Å². The van der Waals surface area contributed by atoms with Crippen molar-refractivity contribution in [3.8, 4) is 0 Å². The van der Waals surface area contributed by atoms with Crippen molar-refractivity contribution in [2.24, 2.45) is 12.8 Å². The molecule has 23 heavy (non-hydrogen) atoms. The number of nitrogens with zero attached hydrogens (tertiary/aromatic N) is 4. The minimum atomic E-state index is -0.506. The van der Waals surface area contributed by atoms with Gasteiger partial charge in [-0.3, -0.25) is 9.59 Å². The Labute approximate surface area is 134 Å². The van der Waals surface area contributed by atoms with Gasteiger partial charge in [-0.25, -0.2) is 0 Å². The minimum Gasteiger partial charge on any atom is -0.366 e. The fraction of sp³-hybridized carbons (Fsp3) is 0.333. The number of nitrogens with two attached hydrogens (primary N) is 1. The smallest absolute Gasteiger partial charge is 0.248 e. The summed E-state index contributed by atoms with van der Waals surface area (Å²) in [6, 6.07) is 5.96. The summed E-state index contributed by atoms with van der Waals surface area (Å²) in [6.45, 7) is 3.62. The molecule has 0 radical (unpaired) electrons. The van der Waals surface area contributed by atoms with Crippen LogP contribution < -0.4 is 16.0 Å². The van der Waals surface area contributed by atoms with Crippen molar-refractivity contribution in [2.75, 3.05) is 17.3 Å². The molecule has 0 bridgehead atoms. The molecular weight excluding hydrogens is 296 g/mol. The van der Waals surface area contributed by atoms with Crippen molar-refractivity contribution in [1.82, 2.24) is 14.8 Å². The molecule has 8 heteroatoms. The van der Waals surface area contributed by atoms with Crippen molar-refractivity contribution in [3.63, 3.8) is 0 Å². The zero-order chi connectivity index (χ0) is 17.1. The molecule has 0 saturated carbocycles. The SMILES string of the molecule is Cc1nnc(N(C)C(C)C(=O)Nc2ccc(C(N)=O)cc2)n1C. The molecular formula is C15H20N6O2. The first kappa shape index (κ1) is 16.5. The molecule has 0 aliphatic carbocycles. The molecule has 3 N–H and O–H groups in total. The van der Waals surface area contributed by atoms with Crippen LogP contribution in [0.4, 0.5) is 11.6 Å². The van der Waals surface area contributed by atoms with Crippen LogP contribution in [0.1, 0.15) is 23.1 Å². The first-order valence-corrected chi connectivity index (χ1v) is 7.10. The molecule has 1 unspecified atom stereocenters. The van der Waals surface area contributed by atoms with Gasteiger partial charge in [0.2, 0.25) is 17.8 Å². The van der Waals surface area contributed by atoms with E-state index in [0.717, 1.165) is 5.82 Å². The van der Waals surface area contributed by atoms with Crippen molar-refractivity contribution in [2.45, 2.75) is 19.9 Å². The summed E-state index contributed by atoms with van der Waals surface area (Å²) >= 11 is 0. The quantitative estimate of drug-likeness (QED) is 0.844. The molecule has 1 atom stereocenters. The molecule has 2 aromatic rings. The standard InChI is InChI=1S/C15H20N6O2/c1-9(20(3)15-19-18-10(2)21(15)4)14(23)17-12-7-5-11(6-8-12)13(16)22/h5-9H,1-4H3,(H2,16,22)(H,17,23). The maximum Gasteiger partial charge on any atom is 0.248 e. The number of likely N-dealkylation sites (N-methyl/N-ethyl adjacent to an activating group) is 1. The monoisotopic (exact) mass is 316 g/mol. The fourth-order valence-electron chi connectivity index (χ4n) is 2.02. The van der Waals surface area contributed by atoms with Crippen molar-refractivity contribution < 1.29 is 9.59 Å². The second-order valence-electron chi connectivity index (χ2n) is 5.32. The lowest BCUT2D eigenvalue weighted by molar-refractivity contribution is -0.117. The largest absolute Gasteiger partial charge is 0.366 e. The first-order valence-electron chi connectivity index (χ1n) is 7.10. The van der Waals surface area contributed by atoms with E-state index in [2.05, 4.69) is 15.5 Å². The maximum absolute atomic E-state index is 12.4. The van der Waals surface area contributed by atoms with Crippen LogP contribution in [0.5, 0.6) is 0 Å². The van der Waals surface area contributed by atoms with E-state index >= 15 is 0 Å². The van der Waals surface area contributed by atoms with Gasteiger partial charge < -0.3 is 20.5 Å². The van der Waals surface area contributed by atoms with Gasteiger partial charge in [0.25, 0.3) is 0 Å². The van der Waals surface area contributed by atoms with E-state index in [1.807, 2.05) is 18.5 Å². The number of rotatable bonds is 5. The Morgan fingerprint density at radius 2 is 1.87 bits per heavy atom. The van der Waals surface area contributed by atoms with E-state index in [-0.39, 0.29) is 5.91 Å². The molecule has 2 amide bonds. The predicted molar refractivity (Wildman–Crippen MR) is 87.2 cm³/mol. The normalized spacial score (nSPS) is 11.8. The molecule has 122 valence electrons. The summed E-state index contributed by atoms with van der Waals surface area (Å²) < 4.78 is 1.81. The van der Waals surface area contributed by atoms with Crippen molar-refractivity contribution >= 4 is 23.5 Å². The second-order valence-corrected chi connectivity index (χ2v) is 5.32. The summed E-state index contributed by atoms with van der Waals surface area (Å²) in [4.78, 5) is 25.1. The van der Waals surface area contributed by atoms with Crippen LogP contribution in [0.15, 0.2) is 24.3 Å². The highest BCUT2D eigenvalue weighted by molar-refractivity contribution is 5.97. The van der Waals surface area contributed by atoms with E-state index in [1.54, 1.807) is 43.1 Å². The van der Waals surface area contributed by atoms with Gasteiger partial charge in [0, 0.05) is 25.3 Å². The van der Waals surface area contributed by atoms with E-state index in [4.69, 9.17) is 5.73 Å². The highest BCUT2D eigenvalue weighted by atomic mass is 16.2. The summed E-state index contributed by atoms with van der Waals surface area (Å²) in [5.41, 5.74) is 6.17. The van der Waals surface area contributed by atoms with Crippen LogP contribution in [0, 0.1) is 6.92 Å². The molecule has 2 rings (SSSR count). The third-order valence-electron chi connectivity index (χ3n) is 3.78. The number of hydrogen-bond acceptors (Lipinski definition) is 5. The summed E-state index contributed by atoms with van der Waals surface area (Å²) in [6.07, 6.45) is 0. The highest BCUT2D eigenvalue weighted by Gasteiger charge is 2.22. The number of aromatic nitrogens is 3.